The van der Waals surface area contributed by atoms with Gasteiger partial charge in [0.05, 0.1) is 0 Å². The molecule has 2 bridgehead atoms. The molecule has 3 saturated carbocycles. The number of nitrogens with two attached hydrogens (primary N) is 4. The Morgan fingerprint density at radius 2 is 1.32 bits per heavy atom. The van der Waals surface area contributed by atoms with Crippen molar-refractivity contribution in [3.05, 3.63) is 0 Å². The molecular weight excluding hydrogens is 272 g/mol. The van der Waals surface area contributed by atoms with Gasteiger partial charge in [-0.05, 0) is 54.8 Å². The van der Waals surface area contributed by atoms with Crippen molar-refractivity contribution in [2.75, 3.05) is 0 Å². The Bertz CT molecular complexity index is 429. The van der Waals surface area contributed by atoms with Gasteiger partial charge in [0.25, 0.3) is 0 Å². The lowest BCUT2D eigenvalue weighted by Crippen LogP contribution is -2.51. The van der Waals surface area contributed by atoms with Crippen LogP contribution in [0.3, 0.4) is 0 Å². The minimum absolute atomic E-state index is 0.0631. The second kappa shape index (κ2) is 5.17. The molecule has 0 aromatic heterocycles. The van der Waals surface area contributed by atoms with E-state index in [1.165, 1.54) is 12.8 Å². The largest absolute Gasteiger partial charge is 0.327 e. The minimum Gasteiger partial charge on any atom is -0.327 e. The second-order valence-corrected chi connectivity index (χ2v) is 9.67. The van der Waals surface area contributed by atoms with Crippen molar-refractivity contribution in [3.8, 4) is 0 Å². The third-order valence-electron chi connectivity index (χ3n) is 8.36. The first-order valence-electron chi connectivity index (χ1n) is 8.84. The number of fused-ring (bicyclic) bond motifs is 2. The Balaban J connectivity index is 0.000000164. The van der Waals surface area contributed by atoms with Crippen LogP contribution >= 0.6 is 0 Å². The van der Waals surface area contributed by atoms with Crippen LogP contribution in [-0.2, 0) is 0 Å². The first kappa shape index (κ1) is 18.2. The first-order chi connectivity index (χ1) is 9.79. The van der Waals surface area contributed by atoms with E-state index in [2.05, 4.69) is 41.5 Å². The Morgan fingerprint density at radius 3 is 1.50 bits per heavy atom. The van der Waals surface area contributed by atoms with Gasteiger partial charge in [-0.25, -0.2) is 0 Å². The van der Waals surface area contributed by atoms with E-state index in [0.717, 1.165) is 12.8 Å². The average molecular weight is 311 g/mol. The maximum Gasteiger partial charge on any atom is 0.0255 e. The van der Waals surface area contributed by atoms with Crippen LogP contribution in [0.1, 0.15) is 67.2 Å². The Morgan fingerprint density at radius 1 is 0.773 bits per heavy atom. The molecule has 8 N–H and O–H groups in total. The molecule has 6 atom stereocenters. The summed E-state index contributed by atoms with van der Waals surface area (Å²) in [5.41, 5.74) is 24.9. The van der Waals surface area contributed by atoms with Crippen LogP contribution in [0.4, 0.5) is 0 Å². The van der Waals surface area contributed by atoms with Gasteiger partial charge >= 0.3 is 0 Å². The number of hydrogen-bond acceptors (Lipinski definition) is 4. The van der Waals surface area contributed by atoms with Gasteiger partial charge in [0.15, 0.2) is 0 Å². The van der Waals surface area contributed by atoms with E-state index in [9.17, 15) is 0 Å². The molecule has 4 heteroatoms. The highest BCUT2D eigenvalue weighted by atomic mass is 14.9. The molecule has 3 fully saturated rings. The molecular formula is C18H38N4. The van der Waals surface area contributed by atoms with Gasteiger partial charge in [0.2, 0.25) is 0 Å². The summed E-state index contributed by atoms with van der Waals surface area (Å²) < 4.78 is 0. The highest BCUT2D eigenvalue weighted by Gasteiger charge is 2.63. The molecule has 6 unspecified atom stereocenters. The van der Waals surface area contributed by atoms with Crippen LogP contribution in [0.2, 0.25) is 0 Å². The van der Waals surface area contributed by atoms with Crippen LogP contribution in [0.15, 0.2) is 0 Å². The van der Waals surface area contributed by atoms with Crippen molar-refractivity contribution in [3.63, 3.8) is 0 Å². The van der Waals surface area contributed by atoms with Gasteiger partial charge in [-0.1, -0.05) is 34.6 Å². The molecule has 0 aromatic rings. The Labute approximate surface area is 136 Å². The maximum absolute atomic E-state index is 6.15. The molecule has 3 aliphatic rings. The lowest BCUT2D eigenvalue weighted by Gasteiger charge is -2.37. The number of rotatable bonds is 0. The lowest BCUT2D eigenvalue weighted by molar-refractivity contribution is 0.136. The topological polar surface area (TPSA) is 104 Å². The van der Waals surface area contributed by atoms with Crippen LogP contribution in [-0.4, -0.2) is 23.7 Å². The van der Waals surface area contributed by atoms with Gasteiger partial charge in [-0.15, -0.1) is 0 Å². The molecule has 3 aliphatic carbocycles. The summed E-state index contributed by atoms with van der Waals surface area (Å²) >= 11 is 0. The van der Waals surface area contributed by atoms with Gasteiger partial charge in [0, 0.05) is 23.7 Å². The summed E-state index contributed by atoms with van der Waals surface area (Å²) in [5, 5.41) is 0. The molecule has 0 radical (unpaired) electrons. The second-order valence-electron chi connectivity index (χ2n) is 9.67. The third-order valence-corrected chi connectivity index (χ3v) is 8.36. The van der Waals surface area contributed by atoms with Crippen LogP contribution in [0.25, 0.3) is 0 Å². The summed E-state index contributed by atoms with van der Waals surface area (Å²) in [7, 11) is 0. The van der Waals surface area contributed by atoms with E-state index >= 15 is 0 Å². The molecule has 3 rings (SSSR count). The summed E-state index contributed by atoms with van der Waals surface area (Å²) in [5.74, 6) is 0.650. The Kier molecular flexibility index (Phi) is 4.27. The molecule has 0 amide bonds. The third kappa shape index (κ3) is 2.26. The van der Waals surface area contributed by atoms with Crippen LogP contribution in [0, 0.1) is 22.2 Å². The zero-order valence-electron chi connectivity index (χ0n) is 15.4. The Hall–Kier alpha value is -0.160. The fourth-order valence-electron chi connectivity index (χ4n) is 5.07. The smallest absolute Gasteiger partial charge is 0.0255 e. The fourth-order valence-corrected chi connectivity index (χ4v) is 5.07. The van der Waals surface area contributed by atoms with E-state index in [-0.39, 0.29) is 34.5 Å². The van der Waals surface area contributed by atoms with Crippen molar-refractivity contribution < 1.29 is 0 Å². The molecule has 0 aliphatic heterocycles. The zero-order chi connectivity index (χ0) is 17.1. The summed E-state index contributed by atoms with van der Waals surface area (Å²) in [6.45, 7) is 13.4. The molecule has 130 valence electrons. The zero-order valence-corrected chi connectivity index (χ0v) is 15.4. The van der Waals surface area contributed by atoms with Gasteiger partial charge in [-0.3, -0.25) is 0 Å². The van der Waals surface area contributed by atoms with Gasteiger partial charge in [0.1, 0.15) is 0 Å². The molecule has 0 heterocycles. The van der Waals surface area contributed by atoms with Crippen LogP contribution < -0.4 is 22.9 Å². The van der Waals surface area contributed by atoms with Crippen molar-refractivity contribution in [2.45, 2.75) is 90.9 Å². The van der Waals surface area contributed by atoms with Crippen LogP contribution in [0.5, 0.6) is 0 Å². The predicted molar refractivity (Wildman–Crippen MR) is 94.1 cm³/mol. The summed E-state index contributed by atoms with van der Waals surface area (Å²) in [6.07, 6.45) is 4.67. The molecule has 0 spiro atoms. The van der Waals surface area contributed by atoms with Gasteiger partial charge < -0.3 is 22.9 Å². The highest BCUT2D eigenvalue weighted by molar-refractivity contribution is 5.17. The van der Waals surface area contributed by atoms with Crippen molar-refractivity contribution in [1.82, 2.24) is 0 Å². The average Bonchev–Trinajstić information content (AvgIpc) is 2.79. The van der Waals surface area contributed by atoms with E-state index in [1.54, 1.807) is 0 Å². The molecule has 4 nitrogen and oxygen atoms in total. The normalized spacial score (nSPS) is 51.5. The first-order valence-corrected chi connectivity index (χ1v) is 8.84. The summed E-state index contributed by atoms with van der Waals surface area (Å²) in [6, 6.07) is 0.729. The fraction of sp³-hybridized carbons (Fsp3) is 1.00. The van der Waals surface area contributed by atoms with Gasteiger partial charge in [-0.2, -0.15) is 0 Å². The summed E-state index contributed by atoms with van der Waals surface area (Å²) in [4.78, 5) is 0. The predicted octanol–water partition coefficient (Wildman–Crippen LogP) is 1.95. The molecule has 0 aromatic carbocycles. The van der Waals surface area contributed by atoms with E-state index in [0.29, 0.717) is 11.3 Å². The highest BCUT2D eigenvalue weighted by Crippen LogP contribution is 2.64. The molecule has 22 heavy (non-hydrogen) atoms. The van der Waals surface area contributed by atoms with E-state index in [4.69, 9.17) is 22.9 Å². The number of hydrogen-bond donors (Lipinski definition) is 4. The quantitative estimate of drug-likeness (QED) is 0.549. The van der Waals surface area contributed by atoms with Crippen molar-refractivity contribution in [1.29, 1.82) is 0 Å². The van der Waals surface area contributed by atoms with E-state index < -0.39 is 0 Å². The lowest BCUT2D eigenvalue weighted by atomic mass is 9.69. The molecule has 0 saturated heterocycles. The standard InChI is InChI=1S/C10H20N2.C8H18N2/c1-9(2)6-4-5-10(9,3)8(12)7(6)11;1-7(2)6(9)4-5-8(7,3)10/h6-8H,4-5,11-12H2,1-3H3;6H,4-5,9-10H2,1-3H3. The van der Waals surface area contributed by atoms with Crippen molar-refractivity contribution in [2.24, 2.45) is 45.1 Å². The monoisotopic (exact) mass is 310 g/mol. The maximum atomic E-state index is 6.15. The van der Waals surface area contributed by atoms with E-state index in [1.807, 2.05) is 0 Å². The minimum atomic E-state index is -0.0631. The van der Waals surface area contributed by atoms with Crippen molar-refractivity contribution >= 4 is 0 Å². The SMILES string of the molecule is CC1(C)C2CCC1(C)C(N)C2N.CC1(N)CCC(N)C1(C)C.